The van der Waals surface area contributed by atoms with Crippen molar-refractivity contribution >= 4 is 39.5 Å². The minimum atomic E-state index is -4.94. The summed E-state index contributed by atoms with van der Waals surface area (Å²) in [7, 11) is -9.88. The molecule has 2 unspecified atom stereocenters. The molecule has 0 aliphatic heterocycles. The molecular formula is C63H122O17P2. The summed E-state index contributed by atoms with van der Waals surface area (Å²) in [5, 5.41) is 10.5. The smallest absolute Gasteiger partial charge is 0.462 e. The van der Waals surface area contributed by atoms with Crippen molar-refractivity contribution in [2.24, 2.45) is 5.92 Å². The number of hydrogen-bond acceptors (Lipinski definition) is 15. The maximum absolute atomic E-state index is 13.0. The number of carbonyl (C=O) groups excluding carboxylic acids is 4. The Balaban J connectivity index is 5.21. The maximum atomic E-state index is 13.0. The molecule has 0 heterocycles. The van der Waals surface area contributed by atoms with Crippen LogP contribution in [0.2, 0.25) is 0 Å². The topological polar surface area (TPSA) is 237 Å². The first kappa shape index (κ1) is 80.1. The van der Waals surface area contributed by atoms with E-state index in [0.717, 1.165) is 109 Å². The van der Waals surface area contributed by atoms with Crippen LogP contribution in [0.1, 0.15) is 317 Å². The molecule has 0 rings (SSSR count). The number of carbonyl (C=O) groups is 4. The first-order chi connectivity index (χ1) is 39.5. The van der Waals surface area contributed by atoms with Crippen LogP contribution in [0.15, 0.2) is 0 Å². The van der Waals surface area contributed by atoms with Gasteiger partial charge in [-0.3, -0.25) is 37.3 Å². The standard InChI is InChI=1S/C63H122O17P2/c1-6-9-12-15-18-20-21-22-23-24-28-34-39-44-49-63(68)80-59(53-74-61(66)47-42-37-32-29-25-27-31-35-40-45-56(4)5)55-78-82(71,72)76-51-57(64)50-75-81(69,70)77-54-58(52-73-60(65)46-41-36-30-17-14-11-8-3)79-62(67)48-43-38-33-26-19-16-13-10-7-2/h56-59,64H,6-55H2,1-5H3,(H,69,70)(H,71,72)/t57-,58+,59+/m0/s1. The van der Waals surface area contributed by atoms with Gasteiger partial charge in [-0.2, -0.15) is 0 Å². The summed E-state index contributed by atoms with van der Waals surface area (Å²) in [6.45, 7) is 7.12. The molecule has 0 bridgehead atoms. The van der Waals surface area contributed by atoms with Crippen LogP contribution < -0.4 is 0 Å². The third-order valence-corrected chi connectivity index (χ3v) is 16.4. The molecule has 0 fully saturated rings. The first-order valence-electron chi connectivity index (χ1n) is 33.1. The summed E-state index contributed by atoms with van der Waals surface area (Å²) < 4.78 is 67.8. The molecule has 0 radical (unpaired) electrons. The van der Waals surface area contributed by atoms with E-state index >= 15 is 0 Å². The van der Waals surface area contributed by atoms with Gasteiger partial charge in [0.05, 0.1) is 26.4 Å². The van der Waals surface area contributed by atoms with Gasteiger partial charge < -0.3 is 33.8 Å². The SMILES string of the molecule is CCCCCCCCCCCCCCCCC(=O)O[C@H](COC(=O)CCCCCCCCCCCC(C)C)COP(=O)(O)OC[C@@H](O)COP(=O)(O)OC[C@@H](COC(=O)CCCCCCCCC)OC(=O)CCCCCCCCCCC. The largest absolute Gasteiger partial charge is 0.472 e. The molecule has 5 atom stereocenters. The van der Waals surface area contributed by atoms with Gasteiger partial charge in [-0.1, -0.05) is 266 Å². The molecule has 0 aliphatic rings. The van der Waals surface area contributed by atoms with E-state index < -0.39 is 97.5 Å². The number of aliphatic hydroxyl groups is 1. The predicted molar refractivity (Wildman–Crippen MR) is 326 cm³/mol. The maximum Gasteiger partial charge on any atom is 0.472 e. The Bertz CT molecular complexity index is 1600. The Morgan fingerprint density at radius 3 is 0.829 bits per heavy atom. The molecule has 0 saturated heterocycles. The van der Waals surface area contributed by atoms with E-state index in [1.54, 1.807) is 0 Å². The highest BCUT2D eigenvalue weighted by atomic mass is 31.2. The molecule has 3 N–H and O–H groups in total. The van der Waals surface area contributed by atoms with Gasteiger partial charge in [0, 0.05) is 25.7 Å². The normalized spacial score (nSPS) is 14.3. The van der Waals surface area contributed by atoms with Crippen molar-refractivity contribution < 1.29 is 80.2 Å². The molecule has 486 valence electrons. The predicted octanol–water partition coefficient (Wildman–Crippen LogP) is 17.4. The number of rotatable bonds is 63. The summed E-state index contributed by atoms with van der Waals surface area (Å²) in [4.78, 5) is 72.0. The average molecular weight is 1210 g/mol. The highest BCUT2D eigenvalue weighted by Crippen LogP contribution is 2.45. The lowest BCUT2D eigenvalue weighted by atomic mass is 10.0. The quantitative estimate of drug-likeness (QED) is 0.0222. The summed E-state index contributed by atoms with van der Waals surface area (Å²) in [6.07, 6.45) is 40.4. The molecule has 0 aromatic rings. The van der Waals surface area contributed by atoms with E-state index in [9.17, 15) is 43.2 Å². The third-order valence-electron chi connectivity index (χ3n) is 14.5. The fourth-order valence-electron chi connectivity index (χ4n) is 9.41. The zero-order chi connectivity index (χ0) is 60.6. The van der Waals surface area contributed by atoms with Crippen LogP contribution in [0.25, 0.3) is 0 Å². The number of unbranched alkanes of at least 4 members (excludes halogenated alkanes) is 35. The van der Waals surface area contributed by atoms with Gasteiger partial charge in [0.15, 0.2) is 12.2 Å². The lowest BCUT2D eigenvalue weighted by Gasteiger charge is -2.21. The molecule has 0 spiro atoms. The molecule has 0 aromatic carbocycles. The van der Waals surface area contributed by atoms with E-state index in [-0.39, 0.29) is 25.7 Å². The van der Waals surface area contributed by atoms with Crippen LogP contribution in [0, 0.1) is 5.92 Å². The number of aliphatic hydroxyl groups excluding tert-OH is 1. The van der Waals surface area contributed by atoms with Crippen molar-refractivity contribution in [2.45, 2.75) is 335 Å². The molecule has 0 aromatic heterocycles. The summed E-state index contributed by atoms with van der Waals surface area (Å²) >= 11 is 0. The van der Waals surface area contributed by atoms with Gasteiger partial charge in [0.25, 0.3) is 0 Å². The van der Waals surface area contributed by atoms with Gasteiger partial charge in [0.1, 0.15) is 19.3 Å². The first-order valence-corrected chi connectivity index (χ1v) is 36.1. The summed E-state index contributed by atoms with van der Waals surface area (Å²) in [5.41, 5.74) is 0. The van der Waals surface area contributed by atoms with E-state index in [2.05, 4.69) is 34.6 Å². The minimum Gasteiger partial charge on any atom is -0.462 e. The second-order valence-corrected chi connectivity index (χ2v) is 26.2. The lowest BCUT2D eigenvalue weighted by Crippen LogP contribution is -2.30. The Hall–Kier alpha value is -1.94. The van der Waals surface area contributed by atoms with E-state index in [4.69, 9.17) is 37.0 Å². The number of ether oxygens (including phenoxy) is 4. The fraction of sp³-hybridized carbons (Fsp3) is 0.937. The van der Waals surface area contributed by atoms with Crippen molar-refractivity contribution in [3.8, 4) is 0 Å². The van der Waals surface area contributed by atoms with Crippen molar-refractivity contribution in [2.75, 3.05) is 39.6 Å². The monoisotopic (exact) mass is 1210 g/mol. The Morgan fingerprint density at radius 1 is 0.329 bits per heavy atom. The van der Waals surface area contributed by atoms with Crippen LogP contribution in [0.5, 0.6) is 0 Å². The Morgan fingerprint density at radius 2 is 0.561 bits per heavy atom. The van der Waals surface area contributed by atoms with E-state index in [1.165, 1.54) is 128 Å². The lowest BCUT2D eigenvalue weighted by molar-refractivity contribution is -0.161. The van der Waals surface area contributed by atoms with Crippen LogP contribution in [0.3, 0.4) is 0 Å². The zero-order valence-electron chi connectivity index (χ0n) is 52.6. The molecule has 82 heavy (non-hydrogen) atoms. The van der Waals surface area contributed by atoms with Crippen molar-refractivity contribution in [3.63, 3.8) is 0 Å². The number of esters is 4. The molecule has 0 amide bonds. The highest BCUT2D eigenvalue weighted by molar-refractivity contribution is 7.47. The Kier molecular flexibility index (Phi) is 55.5. The number of phosphoric ester groups is 2. The molecule has 0 saturated carbocycles. The number of phosphoric acid groups is 2. The second kappa shape index (κ2) is 56.8. The third kappa shape index (κ3) is 57.2. The fourth-order valence-corrected chi connectivity index (χ4v) is 11.0. The van der Waals surface area contributed by atoms with Crippen LogP contribution >= 0.6 is 15.6 Å². The average Bonchev–Trinajstić information content (AvgIpc) is 3.44. The van der Waals surface area contributed by atoms with Gasteiger partial charge in [-0.25, -0.2) is 9.13 Å². The van der Waals surface area contributed by atoms with Crippen LogP contribution in [-0.2, 0) is 65.4 Å². The zero-order valence-corrected chi connectivity index (χ0v) is 54.4. The Labute approximate surface area is 498 Å². The van der Waals surface area contributed by atoms with E-state index in [0.29, 0.717) is 25.7 Å². The molecule has 17 nitrogen and oxygen atoms in total. The molecule has 0 aliphatic carbocycles. The van der Waals surface area contributed by atoms with Crippen molar-refractivity contribution in [3.05, 3.63) is 0 Å². The van der Waals surface area contributed by atoms with Crippen molar-refractivity contribution in [1.82, 2.24) is 0 Å². The number of hydrogen-bond donors (Lipinski definition) is 3. The molecular weight excluding hydrogens is 1090 g/mol. The van der Waals surface area contributed by atoms with Crippen LogP contribution in [-0.4, -0.2) is 96.7 Å². The second-order valence-electron chi connectivity index (χ2n) is 23.3. The minimum absolute atomic E-state index is 0.105. The van der Waals surface area contributed by atoms with Gasteiger partial charge in [0.2, 0.25) is 0 Å². The van der Waals surface area contributed by atoms with Gasteiger partial charge in [-0.05, 0) is 31.6 Å². The van der Waals surface area contributed by atoms with Crippen LogP contribution in [0.4, 0.5) is 0 Å². The van der Waals surface area contributed by atoms with Crippen molar-refractivity contribution in [1.29, 1.82) is 0 Å². The van der Waals surface area contributed by atoms with Gasteiger partial charge in [-0.15, -0.1) is 0 Å². The summed E-state index contributed by atoms with van der Waals surface area (Å²) in [5.74, 6) is -1.39. The van der Waals surface area contributed by atoms with E-state index in [1.807, 2.05) is 0 Å². The molecule has 19 heteroatoms. The highest BCUT2D eigenvalue weighted by Gasteiger charge is 2.30. The van der Waals surface area contributed by atoms with Gasteiger partial charge >= 0.3 is 39.5 Å². The summed E-state index contributed by atoms with van der Waals surface area (Å²) in [6, 6.07) is 0.